The molecule has 1 aromatic rings. The van der Waals surface area contributed by atoms with Crippen molar-refractivity contribution in [3.05, 3.63) is 57.8 Å². The first-order chi connectivity index (χ1) is 10.2. The average Bonchev–Trinajstić information content (AvgIpc) is 2.51. The molecule has 3 nitrogen and oxygen atoms in total. The van der Waals surface area contributed by atoms with E-state index < -0.39 is 0 Å². The number of nitrogens with zero attached hydrogens (tertiary/aromatic N) is 1. The Hall–Kier alpha value is -0.166. The van der Waals surface area contributed by atoms with Gasteiger partial charge < -0.3 is 14.4 Å². The van der Waals surface area contributed by atoms with Crippen molar-refractivity contribution in [2.24, 2.45) is 0 Å². The molecule has 0 spiro atoms. The molecule has 0 saturated carbocycles. The summed E-state index contributed by atoms with van der Waals surface area (Å²) in [7, 11) is 1.67. The number of hydrogen-bond acceptors (Lipinski definition) is 3. The molecule has 22 heavy (non-hydrogen) atoms. The summed E-state index contributed by atoms with van der Waals surface area (Å²) < 4.78 is 11.7. The predicted octanol–water partition coefficient (Wildman–Crippen LogP) is 4.02. The zero-order valence-electron chi connectivity index (χ0n) is 12.9. The van der Waals surface area contributed by atoms with Gasteiger partial charge >= 0.3 is 0 Å². The van der Waals surface area contributed by atoms with E-state index in [1.807, 2.05) is 30.3 Å². The topological polar surface area (TPSA) is 21.7 Å². The quantitative estimate of drug-likeness (QED) is 0.346. The van der Waals surface area contributed by atoms with Crippen molar-refractivity contribution >= 4 is 28.3 Å². The molecular weight excluding hydrogens is 466 g/mol. The zero-order chi connectivity index (χ0) is 15.2. The van der Waals surface area contributed by atoms with E-state index in [2.05, 4.69) is 47.1 Å². The molecule has 1 heterocycles. The second-order valence-electron chi connectivity index (χ2n) is 4.54. The maximum atomic E-state index is 5.58. The Labute approximate surface area is 171 Å². The van der Waals surface area contributed by atoms with Crippen LogP contribution in [0.3, 0.4) is 0 Å². The van der Waals surface area contributed by atoms with E-state index in [0.717, 1.165) is 32.8 Å². The normalized spacial score (nSPS) is 14.1. The van der Waals surface area contributed by atoms with Gasteiger partial charge in [0.25, 0.3) is 0 Å². The molecule has 1 aromatic carbocycles. The van der Waals surface area contributed by atoms with Crippen LogP contribution in [0.25, 0.3) is 5.70 Å². The Morgan fingerprint density at radius 2 is 1.91 bits per heavy atom. The number of methoxy groups -OCH3 is 1. The summed E-state index contributed by atoms with van der Waals surface area (Å²) in [6, 6.07) is 8.04. The third-order valence-corrected chi connectivity index (χ3v) is 4.14. The minimum atomic E-state index is 0. The van der Waals surface area contributed by atoms with Crippen molar-refractivity contribution in [2.45, 2.75) is 6.92 Å². The minimum Gasteiger partial charge on any atom is -0.491 e. The summed E-state index contributed by atoms with van der Waals surface area (Å²) in [5, 5.41) is 0. The Balaban J connectivity index is 0.00000242. The molecule has 115 valence electrons. The summed E-state index contributed by atoms with van der Waals surface area (Å²) in [6.45, 7) is 8.28. The first-order valence-corrected chi connectivity index (χ1v) is 7.93. The predicted molar refractivity (Wildman–Crippen MR) is 94.1 cm³/mol. The molecule has 0 N–H and O–H groups in total. The number of ether oxygens (including phenoxy) is 2. The fourth-order valence-electron chi connectivity index (χ4n) is 2.10. The van der Waals surface area contributed by atoms with Crippen molar-refractivity contribution in [1.29, 1.82) is 0 Å². The fraction of sp³-hybridized carbons (Fsp3) is 0.294. The summed E-state index contributed by atoms with van der Waals surface area (Å²) in [6.07, 6.45) is 5.32. The van der Waals surface area contributed by atoms with Crippen LogP contribution in [0.2, 0.25) is 0 Å². The van der Waals surface area contributed by atoms with Crippen molar-refractivity contribution < 1.29 is 42.2 Å². The van der Waals surface area contributed by atoms with Crippen LogP contribution in [0.5, 0.6) is 5.75 Å². The van der Waals surface area contributed by atoms with Gasteiger partial charge in [-0.15, -0.1) is 34.7 Å². The van der Waals surface area contributed by atoms with Crippen LogP contribution >= 0.6 is 22.6 Å². The van der Waals surface area contributed by atoms with Crippen LogP contribution in [0.15, 0.2) is 46.2 Å². The smallest absolute Gasteiger partial charge is 0.117 e. The Morgan fingerprint density at radius 1 is 1.23 bits per heavy atom. The van der Waals surface area contributed by atoms with E-state index in [0.29, 0.717) is 13.2 Å². The van der Waals surface area contributed by atoms with Crippen molar-refractivity contribution in [3.63, 3.8) is 0 Å². The molecule has 0 aliphatic carbocycles. The summed E-state index contributed by atoms with van der Waals surface area (Å²) in [4.78, 5) is 2.17. The van der Waals surface area contributed by atoms with Crippen LogP contribution in [0.4, 0.5) is 0 Å². The van der Waals surface area contributed by atoms with Crippen molar-refractivity contribution in [2.75, 3.05) is 26.9 Å². The van der Waals surface area contributed by atoms with E-state index >= 15 is 0 Å². The van der Waals surface area contributed by atoms with Gasteiger partial charge in [0.15, 0.2) is 0 Å². The molecule has 0 atom stereocenters. The van der Waals surface area contributed by atoms with Crippen LogP contribution in [-0.4, -0.2) is 31.8 Å². The second-order valence-corrected chi connectivity index (χ2v) is 5.70. The molecule has 0 unspecified atom stereocenters. The maximum Gasteiger partial charge on any atom is 0.117 e. The number of likely N-dealkylation sites (N-methyl/N-ethyl adjacent to an activating group) is 1. The minimum absolute atomic E-state index is 0. The Bertz CT molecular complexity index is 567. The van der Waals surface area contributed by atoms with E-state index in [4.69, 9.17) is 9.47 Å². The molecule has 2 rings (SSSR count). The summed E-state index contributed by atoms with van der Waals surface area (Å²) in [5.74, 6) is 0.846. The number of halogens is 1. The SMILES string of the molecule is C=C1C(I)=C[C-]=C(c2ccc(OCCOC)cc2)N1CC.[Y]. The van der Waals surface area contributed by atoms with Crippen LogP contribution in [0.1, 0.15) is 12.5 Å². The van der Waals surface area contributed by atoms with Crippen LogP contribution in [0, 0.1) is 6.08 Å². The third kappa shape index (κ3) is 4.92. The van der Waals surface area contributed by atoms with Gasteiger partial charge in [-0.1, -0.05) is 21.4 Å². The second kappa shape index (κ2) is 9.86. The Kier molecular flexibility index (Phi) is 8.91. The van der Waals surface area contributed by atoms with Gasteiger partial charge in [-0.3, -0.25) is 0 Å². The molecule has 0 amide bonds. The van der Waals surface area contributed by atoms with Crippen molar-refractivity contribution in [1.82, 2.24) is 4.90 Å². The molecule has 0 saturated heterocycles. The first-order valence-electron chi connectivity index (χ1n) is 6.85. The molecule has 1 radical (unpaired) electrons. The van der Waals surface area contributed by atoms with Gasteiger partial charge in [-0.25, -0.2) is 0 Å². The number of allylic oxidation sites excluding steroid dienone is 3. The van der Waals surface area contributed by atoms with Gasteiger partial charge in [0.1, 0.15) is 12.4 Å². The van der Waals surface area contributed by atoms with Gasteiger partial charge in [-0.2, -0.15) is 12.2 Å². The van der Waals surface area contributed by atoms with Gasteiger partial charge in [0, 0.05) is 46.4 Å². The van der Waals surface area contributed by atoms with Gasteiger partial charge in [-0.05, 0) is 24.8 Å². The Morgan fingerprint density at radius 3 is 2.50 bits per heavy atom. The molecule has 5 heteroatoms. The third-order valence-electron chi connectivity index (χ3n) is 3.21. The zero-order valence-corrected chi connectivity index (χ0v) is 17.9. The largest absolute Gasteiger partial charge is 0.491 e. The van der Waals surface area contributed by atoms with Crippen molar-refractivity contribution in [3.8, 4) is 5.75 Å². The monoisotopic (exact) mass is 485 g/mol. The van der Waals surface area contributed by atoms with E-state index in [1.165, 1.54) is 0 Å². The average molecular weight is 485 g/mol. The summed E-state index contributed by atoms with van der Waals surface area (Å²) in [5.41, 5.74) is 3.18. The molecule has 0 bridgehead atoms. The number of rotatable bonds is 6. The molecule has 1 aliphatic rings. The standard InChI is InChI=1S/C17H19INO2.Y/c1-4-19-13(2)16(18)9-10-17(19)14-5-7-15(8-6-14)21-12-11-20-3;/h5-9H,2,4,11-12H2,1,3H3;/q-1;. The van der Waals surface area contributed by atoms with E-state index in [9.17, 15) is 0 Å². The number of hydrogen-bond donors (Lipinski definition) is 0. The van der Waals surface area contributed by atoms with Crippen LogP contribution < -0.4 is 4.74 Å². The first kappa shape index (κ1) is 19.9. The molecule has 1 aliphatic heterocycles. The maximum absolute atomic E-state index is 5.58. The number of benzene rings is 1. The fourth-order valence-corrected chi connectivity index (χ4v) is 2.54. The van der Waals surface area contributed by atoms with E-state index in [-0.39, 0.29) is 32.7 Å². The van der Waals surface area contributed by atoms with Gasteiger partial charge in [0.2, 0.25) is 0 Å². The molecule has 0 aromatic heterocycles. The van der Waals surface area contributed by atoms with Crippen LogP contribution in [-0.2, 0) is 37.4 Å². The van der Waals surface area contributed by atoms with Gasteiger partial charge in [0.05, 0.1) is 6.61 Å². The molecule has 0 fully saturated rings. The van der Waals surface area contributed by atoms with E-state index in [1.54, 1.807) is 7.11 Å². The molecular formula is C17H19INO2Y-. The summed E-state index contributed by atoms with van der Waals surface area (Å²) >= 11 is 2.29.